The molecule has 148 valence electrons. The molecule has 0 radical (unpaired) electrons. The van der Waals surface area contributed by atoms with Crippen LogP contribution >= 0.6 is 11.6 Å². The van der Waals surface area contributed by atoms with Gasteiger partial charge in [0.2, 0.25) is 5.91 Å². The normalized spacial score (nSPS) is 22.0. The highest BCUT2D eigenvalue weighted by Gasteiger charge is 2.46. The molecule has 1 heterocycles. The fourth-order valence-electron chi connectivity index (χ4n) is 4.00. The molecule has 4 rings (SSSR count). The van der Waals surface area contributed by atoms with Crippen LogP contribution in [0, 0.1) is 5.92 Å². The maximum absolute atomic E-state index is 12.9. The van der Waals surface area contributed by atoms with Crippen LogP contribution in [0.15, 0.2) is 48.5 Å². The molecule has 28 heavy (non-hydrogen) atoms. The average Bonchev–Trinajstić information content (AvgIpc) is 3.51. The lowest BCUT2D eigenvalue weighted by Crippen LogP contribution is -2.42. The van der Waals surface area contributed by atoms with Crippen LogP contribution < -0.4 is 9.47 Å². The molecular weight excluding hydrogens is 374 g/mol. The van der Waals surface area contributed by atoms with Gasteiger partial charge in [0, 0.05) is 36.9 Å². The second-order valence-corrected chi connectivity index (χ2v) is 7.96. The molecule has 2 aromatic rings. The number of likely N-dealkylation sites (tertiary alicyclic amines) is 1. The lowest BCUT2D eigenvalue weighted by Gasteiger charge is -2.32. The van der Waals surface area contributed by atoms with E-state index in [1.807, 2.05) is 54.3 Å². The van der Waals surface area contributed by atoms with Crippen LogP contribution in [0.4, 0.5) is 0 Å². The number of hydrogen-bond donors (Lipinski definition) is 0. The maximum atomic E-state index is 12.9. The van der Waals surface area contributed by atoms with Crippen LogP contribution in [0.1, 0.15) is 37.7 Å². The van der Waals surface area contributed by atoms with Gasteiger partial charge in [-0.15, -0.1) is 0 Å². The zero-order valence-corrected chi connectivity index (χ0v) is 16.9. The van der Waals surface area contributed by atoms with Gasteiger partial charge in [0.15, 0.2) is 11.5 Å². The number of hydrogen-bond acceptors (Lipinski definition) is 3. The Balaban J connectivity index is 1.29. The Labute approximate surface area is 171 Å². The van der Waals surface area contributed by atoms with Crippen LogP contribution in [0.25, 0.3) is 0 Å². The molecule has 2 unspecified atom stereocenters. The van der Waals surface area contributed by atoms with Gasteiger partial charge in [0.25, 0.3) is 0 Å². The van der Waals surface area contributed by atoms with Crippen LogP contribution in [0.5, 0.6) is 11.5 Å². The smallest absolute Gasteiger partial charge is 0.226 e. The molecule has 1 aliphatic heterocycles. The van der Waals surface area contributed by atoms with Gasteiger partial charge in [0.1, 0.15) is 6.10 Å². The van der Waals surface area contributed by atoms with Crippen molar-refractivity contribution >= 4 is 17.5 Å². The molecule has 1 saturated carbocycles. The third-order valence-corrected chi connectivity index (χ3v) is 5.82. The van der Waals surface area contributed by atoms with Crippen molar-refractivity contribution in [2.45, 2.75) is 38.2 Å². The Bertz CT molecular complexity index is 832. The fourth-order valence-corrected chi connectivity index (χ4v) is 4.20. The minimum Gasteiger partial charge on any atom is -0.490 e. The Morgan fingerprint density at radius 1 is 1.11 bits per heavy atom. The first kappa shape index (κ1) is 19.1. The summed E-state index contributed by atoms with van der Waals surface area (Å²) in [6.07, 6.45) is 2.74. The van der Waals surface area contributed by atoms with E-state index in [4.69, 9.17) is 21.1 Å². The van der Waals surface area contributed by atoms with Crippen molar-refractivity contribution in [3.05, 3.63) is 59.1 Å². The Morgan fingerprint density at radius 2 is 1.86 bits per heavy atom. The van der Waals surface area contributed by atoms with Gasteiger partial charge in [-0.2, -0.15) is 0 Å². The van der Waals surface area contributed by atoms with Crippen molar-refractivity contribution in [1.29, 1.82) is 0 Å². The summed E-state index contributed by atoms with van der Waals surface area (Å²) in [5.74, 6) is 2.27. The van der Waals surface area contributed by atoms with Gasteiger partial charge in [-0.3, -0.25) is 4.79 Å². The van der Waals surface area contributed by atoms with Gasteiger partial charge in [-0.05, 0) is 49.1 Å². The van der Waals surface area contributed by atoms with Crippen molar-refractivity contribution in [3.8, 4) is 11.5 Å². The summed E-state index contributed by atoms with van der Waals surface area (Å²) < 4.78 is 11.8. The lowest BCUT2D eigenvalue weighted by molar-refractivity contribution is -0.134. The monoisotopic (exact) mass is 399 g/mol. The molecule has 0 N–H and O–H groups in total. The number of halogens is 1. The van der Waals surface area contributed by atoms with E-state index in [-0.39, 0.29) is 17.9 Å². The quantitative estimate of drug-likeness (QED) is 0.692. The Kier molecular flexibility index (Phi) is 5.77. The molecule has 2 aromatic carbocycles. The first-order valence-corrected chi connectivity index (χ1v) is 10.5. The number of benzene rings is 2. The second kappa shape index (κ2) is 8.44. The van der Waals surface area contributed by atoms with Crippen molar-refractivity contribution < 1.29 is 14.3 Å². The zero-order chi connectivity index (χ0) is 19.5. The molecule has 0 bridgehead atoms. The summed E-state index contributed by atoms with van der Waals surface area (Å²) in [6.45, 7) is 4.08. The SMILES string of the molecule is CCOc1ccccc1OC1CCN(C(=O)C2CC2c2cccc(Cl)c2)CC1. The first-order chi connectivity index (χ1) is 13.7. The third kappa shape index (κ3) is 4.27. The number of amides is 1. The van der Waals surface area contributed by atoms with E-state index in [1.54, 1.807) is 0 Å². The maximum Gasteiger partial charge on any atom is 0.226 e. The highest BCUT2D eigenvalue weighted by Crippen LogP contribution is 2.49. The molecule has 0 spiro atoms. The van der Waals surface area contributed by atoms with E-state index in [9.17, 15) is 4.79 Å². The van der Waals surface area contributed by atoms with Gasteiger partial charge in [-0.25, -0.2) is 0 Å². The third-order valence-electron chi connectivity index (χ3n) is 5.58. The molecule has 1 amide bonds. The van der Waals surface area contributed by atoms with Crippen LogP contribution in [-0.4, -0.2) is 36.6 Å². The van der Waals surface area contributed by atoms with Gasteiger partial charge in [-0.1, -0.05) is 35.9 Å². The van der Waals surface area contributed by atoms with E-state index in [0.717, 1.165) is 48.9 Å². The number of nitrogens with zero attached hydrogens (tertiary/aromatic N) is 1. The van der Waals surface area contributed by atoms with E-state index in [2.05, 4.69) is 6.07 Å². The number of piperidine rings is 1. The number of ether oxygens (including phenoxy) is 2. The molecule has 1 saturated heterocycles. The molecule has 2 fully saturated rings. The molecule has 2 atom stereocenters. The molecule has 4 nitrogen and oxygen atoms in total. The van der Waals surface area contributed by atoms with Crippen LogP contribution in [0.2, 0.25) is 5.02 Å². The number of rotatable bonds is 6. The standard InChI is InChI=1S/C23H26ClNO3/c1-2-27-21-8-3-4-9-22(21)28-18-10-12-25(13-11-18)23(26)20-15-19(20)16-6-5-7-17(24)14-16/h3-9,14,18-20H,2,10-13,15H2,1H3. The largest absolute Gasteiger partial charge is 0.490 e. The van der Waals surface area contributed by atoms with Crippen molar-refractivity contribution in [3.63, 3.8) is 0 Å². The van der Waals surface area contributed by atoms with Crippen molar-refractivity contribution in [1.82, 2.24) is 4.90 Å². The van der Waals surface area contributed by atoms with Crippen molar-refractivity contribution in [2.75, 3.05) is 19.7 Å². The van der Waals surface area contributed by atoms with E-state index in [0.29, 0.717) is 12.5 Å². The average molecular weight is 400 g/mol. The topological polar surface area (TPSA) is 38.8 Å². The van der Waals surface area contributed by atoms with E-state index >= 15 is 0 Å². The number of carbonyl (C=O) groups is 1. The lowest BCUT2D eigenvalue weighted by atomic mass is 10.1. The predicted octanol–water partition coefficient (Wildman–Crippen LogP) is 4.91. The minimum atomic E-state index is 0.106. The summed E-state index contributed by atoms with van der Waals surface area (Å²) in [7, 11) is 0. The highest BCUT2D eigenvalue weighted by molar-refractivity contribution is 6.30. The minimum absolute atomic E-state index is 0.106. The van der Waals surface area contributed by atoms with Crippen molar-refractivity contribution in [2.24, 2.45) is 5.92 Å². The molecule has 1 aliphatic carbocycles. The Morgan fingerprint density at radius 3 is 2.57 bits per heavy atom. The van der Waals surface area contributed by atoms with Crippen LogP contribution in [0.3, 0.4) is 0 Å². The van der Waals surface area contributed by atoms with Gasteiger partial charge < -0.3 is 14.4 Å². The van der Waals surface area contributed by atoms with Crippen LogP contribution in [-0.2, 0) is 4.79 Å². The summed E-state index contributed by atoms with van der Waals surface area (Å²) >= 11 is 6.09. The summed E-state index contributed by atoms with van der Waals surface area (Å²) in [5, 5.41) is 0.737. The second-order valence-electron chi connectivity index (χ2n) is 7.53. The Hall–Kier alpha value is -2.20. The van der Waals surface area contributed by atoms with Gasteiger partial charge in [0.05, 0.1) is 6.61 Å². The summed E-state index contributed by atoms with van der Waals surface area (Å²) in [5.41, 5.74) is 1.18. The molecule has 2 aliphatic rings. The zero-order valence-electron chi connectivity index (χ0n) is 16.1. The molecular formula is C23H26ClNO3. The number of para-hydroxylation sites is 2. The van der Waals surface area contributed by atoms with E-state index < -0.39 is 0 Å². The summed E-state index contributed by atoms with van der Waals surface area (Å²) in [4.78, 5) is 14.9. The molecule has 0 aromatic heterocycles. The fraction of sp³-hybridized carbons (Fsp3) is 0.435. The van der Waals surface area contributed by atoms with Gasteiger partial charge >= 0.3 is 0 Å². The highest BCUT2D eigenvalue weighted by atomic mass is 35.5. The first-order valence-electron chi connectivity index (χ1n) is 10.1. The molecule has 5 heteroatoms. The van der Waals surface area contributed by atoms with E-state index in [1.165, 1.54) is 5.56 Å². The predicted molar refractivity (Wildman–Crippen MR) is 110 cm³/mol. The summed E-state index contributed by atoms with van der Waals surface area (Å²) in [6, 6.07) is 15.7. The number of carbonyl (C=O) groups excluding carboxylic acids is 1.